The monoisotopic (exact) mass is 258 g/mol. The third-order valence-corrected chi connectivity index (χ3v) is 2.91. The molecule has 0 unspecified atom stereocenters. The maximum absolute atomic E-state index is 3.61. The van der Waals surface area contributed by atoms with Crippen LogP contribution in [0.15, 0.2) is 61.3 Å². The molecule has 106 valence electrons. The lowest BCUT2D eigenvalue weighted by atomic mass is 10.1. The molecule has 19 heavy (non-hydrogen) atoms. The summed E-state index contributed by atoms with van der Waals surface area (Å²) in [6, 6.07) is 0. The lowest BCUT2D eigenvalue weighted by Crippen LogP contribution is -1.78. The summed E-state index contributed by atoms with van der Waals surface area (Å²) in [6.45, 7) is 5.88. The van der Waals surface area contributed by atoms with Crippen molar-refractivity contribution < 1.29 is 0 Å². The van der Waals surface area contributed by atoms with Crippen molar-refractivity contribution in [2.75, 3.05) is 0 Å². The van der Waals surface area contributed by atoms with Gasteiger partial charge in [0, 0.05) is 0 Å². The molecule has 0 rings (SSSR count). The van der Waals surface area contributed by atoms with Crippen molar-refractivity contribution in [3.8, 4) is 0 Å². The molecule has 0 heteroatoms. The average Bonchev–Trinajstić information content (AvgIpc) is 2.43. The Morgan fingerprint density at radius 2 is 1.16 bits per heavy atom. The molecule has 0 saturated heterocycles. The molecule has 0 aliphatic heterocycles. The molecule has 0 amide bonds. The molecule has 0 atom stereocenters. The number of unbranched alkanes of at least 4 members (excludes halogenated alkanes) is 7. The summed E-state index contributed by atoms with van der Waals surface area (Å²) in [6.07, 6.45) is 29.1. The van der Waals surface area contributed by atoms with Gasteiger partial charge in [-0.1, -0.05) is 107 Å². The largest absolute Gasteiger partial charge is 0.0991 e. The molecule has 0 nitrogen and oxygen atoms in total. The third-order valence-electron chi connectivity index (χ3n) is 2.91. The molecule has 0 aromatic carbocycles. The van der Waals surface area contributed by atoms with Gasteiger partial charge in [-0.15, -0.1) is 0 Å². The fourth-order valence-electron chi connectivity index (χ4n) is 1.79. The van der Waals surface area contributed by atoms with Crippen LogP contribution in [0.25, 0.3) is 0 Å². The summed E-state index contributed by atoms with van der Waals surface area (Å²) in [5.41, 5.74) is 0. The Hall–Kier alpha value is -1.30. The van der Waals surface area contributed by atoms with E-state index in [2.05, 4.69) is 37.8 Å². The van der Waals surface area contributed by atoms with Gasteiger partial charge in [0.25, 0.3) is 0 Å². The van der Waals surface area contributed by atoms with Crippen LogP contribution in [-0.2, 0) is 0 Å². The molecule has 0 spiro atoms. The van der Waals surface area contributed by atoms with Crippen molar-refractivity contribution in [1.29, 1.82) is 0 Å². The van der Waals surface area contributed by atoms with E-state index >= 15 is 0 Å². The van der Waals surface area contributed by atoms with Gasteiger partial charge in [-0.25, -0.2) is 0 Å². The normalized spacial score (nSPS) is 12.5. The van der Waals surface area contributed by atoms with Gasteiger partial charge in [-0.3, -0.25) is 0 Å². The summed E-state index contributed by atoms with van der Waals surface area (Å²) in [5.74, 6) is 0. The third kappa shape index (κ3) is 16.7. The van der Waals surface area contributed by atoms with Crippen LogP contribution in [0.2, 0.25) is 0 Å². The van der Waals surface area contributed by atoms with Crippen LogP contribution < -0.4 is 0 Å². The fourth-order valence-corrected chi connectivity index (χ4v) is 1.79. The molecule has 0 saturated carbocycles. The second-order valence-electron chi connectivity index (χ2n) is 4.73. The highest BCUT2D eigenvalue weighted by Gasteiger charge is 1.88. The first-order valence-corrected chi connectivity index (χ1v) is 7.69. The first kappa shape index (κ1) is 17.7. The maximum atomic E-state index is 3.61. The van der Waals surface area contributed by atoms with Crippen LogP contribution in [0, 0.1) is 0 Å². The van der Waals surface area contributed by atoms with Crippen molar-refractivity contribution in [2.45, 2.75) is 58.3 Å². The van der Waals surface area contributed by atoms with E-state index in [0.717, 1.165) is 0 Å². The molecule has 0 fully saturated rings. The molecule has 0 aromatic heterocycles. The predicted molar refractivity (Wildman–Crippen MR) is 89.4 cm³/mol. The van der Waals surface area contributed by atoms with Gasteiger partial charge in [0.05, 0.1) is 0 Å². The lowest BCUT2D eigenvalue weighted by Gasteiger charge is -1.98. The zero-order chi connectivity index (χ0) is 14.0. The minimum atomic E-state index is 1.21. The van der Waals surface area contributed by atoms with E-state index in [1.807, 2.05) is 24.3 Å². The van der Waals surface area contributed by atoms with Gasteiger partial charge in [0.15, 0.2) is 0 Å². The highest BCUT2D eigenvalue weighted by atomic mass is 13.9. The van der Waals surface area contributed by atoms with Crippen LogP contribution >= 0.6 is 0 Å². The van der Waals surface area contributed by atoms with Crippen LogP contribution in [-0.4, -0.2) is 0 Å². The minimum absolute atomic E-state index is 1.21. The van der Waals surface area contributed by atoms with Crippen molar-refractivity contribution >= 4 is 0 Å². The molecular weight excluding hydrogens is 228 g/mol. The van der Waals surface area contributed by atoms with Crippen LogP contribution in [0.1, 0.15) is 58.3 Å². The van der Waals surface area contributed by atoms with E-state index in [0.29, 0.717) is 0 Å². The lowest BCUT2D eigenvalue weighted by molar-refractivity contribution is 0.592. The number of hydrogen-bond acceptors (Lipinski definition) is 0. The number of allylic oxidation sites excluding steroid dienone is 9. The summed E-state index contributed by atoms with van der Waals surface area (Å²) in [4.78, 5) is 0. The zero-order valence-corrected chi connectivity index (χ0v) is 12.6. The molecule has 0 N–H and O–H groups in total. The Bertz CT molecular complexity index is 289. The van der Waals surface area contributed by atoms with Gasteiger partial charge in [-0.05, 0) is 12.8 Å². The number of rotatable bonds is 12. The molecule has 0 aliphatic rings. The zero-order valence-electron chi connectivity index (χ0n) is 12.6. The van der Waals surface area contributed by atoms with Gasteiger partial charge in [-0.2, -0.15) is 0 Å². The standard InChI is InChI=1S/C19H30/c1-3-5-7-9-11-13-15-17-19-18-16-14-12-10-8-6-4-2/h3,5,7,9,11,13,15,17,19H,1,4,6,8,10,12,14,16,18H2,2H3/b7-5-,11-9+,15-13-,19-17-. The quantitative estimate of drug-likeness (QED) is 0.275. The SMILES string of the molecule is C=C\C=C/C=C/C=C\C=C/CCCCCCCCC. The molecule has 0 aliphatic carbocycles. The topological polar surface area (TPSA) is 0 Å². The second kappa shape index (κ2) is 16.7. The minimum Gasteiger partial charge on any atom is -0.0991 e. The van der Waals surface area contributed by atoms with Crippen LogP contribution in [0.5, 0.6) is 0 Å². The second-order valence-corrected chi connectivity index (χ2v) is 4.73. The van der Waals surface area contributed by atoms with Crippen LogP contribution in [0.4, 0.5) is 0 Å². The molecule has 0 heterocycles. The summed E-state index contributed by atoms with van der Waals surface area (Å²) in [7, 11) is 0. The van der Waals surface area contributed by atoms with E-state index in [9.17, 15) is 0 Å². The summed E-state index contributed by atoms with van der Waals surface area (Å²) in [5, 5.41) is 0. The van der Waals surface area contributed by atoms with E-state index in [-0.39, 0.29) is 0 Å². The molecule has 0 aromatic rings. The Morgan fingerprint density at radius 1 is 0.632 bits per heavy atom. The molecule has 0 bridgehead atoms. The Morgan fingerprint density at radius 3 is 1.79 bits per heavy atom. The van der Waals surface area contributed by atoms with E-state index in [1.54, 1.807) is 6.08 Å². The summed E-state index contributed by atoms with van der Waals surface area (Å²) >= 11 is 0. The predicted octanol–water partition coefficient (Wildman–Crippen LogP) is 6.54. The van der Waals surface area contributed by atoms with Gasteiger partial charge in [0.1, 0.15) is 0 Å². The van der Waals surface area contributed by atoms with Gasteiger partial charge < -0.3 is 0 Å². The van der Waals surface area contributed by atoms with E-state index in [4.69, 9.17) is 0 Å². The summed E-state index contributed by atoms with van der Waals surface area (Å²) < 4.78 is 0. The van der Waals surface area contributed by atoms with Crippen molar-refractivity contribution in [1.82, 2.24) is 0 Å². The first-order valence-electron chi connectivity index (χ1n) is 7.69. The maximum Gasteiger partial charge on any atom is -0.0348 e. The highest BCUT2D eigenvalue weighted by Crippen LogP contribution is 2.08. The number of hydrogen-bond donors (Lipinski definition) is 0. The highest BCUT2D eigenvalue weighted by molar-refractivity contribution is 5.17. The van der Waals surface area contributed by atoms with Gasteiger partial charge in [0.2, 0.25) is 0 Å². The van der Waals surface area contributed by atoms with Crippen molar-refractivity contribution in [3.05, 3.63) is 61.3 Å². The van der Waals surface area contributed by atoms with Crippen molar-refractivity contribution in [3.63, 3.8) is 0 Å². The molecule has 0 radical (unpaired) electrons. The smallest absolute Gasteiger partial charge is 0.0348 e. The van der Waals surface area contributed by atoms with Crippen LogP contribution in [0.3, 0.4) is 0 Å². The fraction of sp³-hybridized carbons (Fsp3) is 0.474. The Kier molecular flexibility index (Phi) is 15.6. The Balaban J connectivity index is 3.34. The first-order chi connectivity index (χ1) is 9.41. The Labute approximate surface area is 120 Å². The average molecular weight is 258 g/mol. The van der Waals surface area contributed by atoms with Crippen molar-refractivity contribution in [2.24, 2.45) is 0 Å². The molecular formula is C19H30. The van der Waals surface area contributed by atoms with E-state index in [1.165, 1.54) is 51.4 Å². The van der Waals surface area contributed by atoms with E-state index < -0.39 is 0 Å². The van der Waals surface area contributed by atoms with Gasteiger partial charge >= 0.3 is 0 Å².